The minimum atomic E-state index is -3.54. The Balaban J connectivity index is 1.62. The lowest BCUT2D eigenvalue weighted by Gasteiger charge is -2.41. The Bertz CT molecular complexity index is 1210. The Morgan fingerprint density at radius 1 is 1.03 bits per heavy atom. The predicted octanol–water partition coefficient (Wildman–Crippen LogP) is 5.32. The average molecular weight is 549 g/mol. The van der Waals surface area contributed by atoms with Crippen LogP contribution in [0.5, 0.6) is 0 Å². The third kappa shape index (κ3) is 5.67. The van der Waals surface area contributed by atoms with Crippen LogP contribution in [-0.2, 0) is 18.6 Å². The molecule has 3 heterocycles. The van der Waals surface area contributed by atoms with Crippen LogP contribution >= 0.6 is 19.3 Å². The minimum absolute atomic E-state index is 0.262. The average Bonchev–Trinajstić information content (AvgIpc) is 3.06. The molecule has 0 N–H and O–H groups in total. The summed E-state index contributed by atoms with van der Waals surface area (Å²) in [6, 6.07) is 11.2. The molecule has 0 unspecified atom stereocenters. The Labute approximate surface area is 221 Å². The maximum absolute atomic E-state index is 15.0. The van der Waals surface area contributed by atoms with Crippen LogP contribution in [0.2, 0.25) is 5.02 Å². The lowest BCUT2D eigenvalue weighted by molar-refractivity contribution is 0.0438. The number of rotatable bonds is 6. The van der Waals surface area contributed by atoms with E-state index in [4.69, 9.17) is 35.6 Å². The molecule has 3 aliphatic rings. The number of ether oxygens (including phenoxy) is 2. The van der Waals surface area contributed by atoms with Crippen LogP contribution in [0.3, 0.4) is 0 Å². The second-order valence-electron chi connectivity index (χ2n) is 9.09. The van der Waals surface area contributed by atoms with Crippen LogP contribution in [-0.4, -0.2) is 79.6 Å². The van der Waals surface area contributed by atoms with Gasteiger partial charge in [0.1, 0.15) is 11.9 Å². The van der Waals surface area contributed by atoms with Crippen LogP contribution in [0.1, 0.15) is 30.9 Å². The molecular formula is C26H31ClFN4O4P. The zero-order chi connectivity index (χ0) is 25.8. The number of fused-ring (bicyclic) bond motifs is 1. The van der Waals surface area contributed by atoms with Crippen molar-refractivity contribution < 1.29 is 23.0 Å². The van der Waals surface area contributed by atoms with Gasteiger partial charge in [-0.2, -0.15) is 0 Å². The van der Waals surface area contributed by atoms with Gasteiger partial charge in [0.15, 0.2) is 0 Å². The normalized spacial score (nSPS) is 21.5. The first-order valence-electron chi connectivity index (χ1n) is 12.7. The lowest BCUT2D eigenvalue weighted by Crippen LogP contribution is -2.44. The van der Waals surface area contributed by atoms with Gasteiger partial charge >= 0.3 is 7.67 Å². The molecule has 0 aromatic heterocycles. The zero-order valence-electron chi connectivity index (χ0n) is 20.8. The molecule has 8 nitrogen and oxygen atoms in total. The van der Waals surface area contributed by atoms with Crippen molar-refractivity contribution in [2.75, 3.05) is 52.6 Å². The Hall–Kier alpha value is -2.13. The van der Waals surface area contributed by atoms with Crippen molar-refractivity contribution in [3.63, 3.8) is 0 Å². The van der Waals surface area contributed by atoms with Crippen molar-refractivity contribution in [1.29, 1.82) is 0 Å². The topological polar surface area (TPSA) is 76.0 Å². The predicted molar refractivity (Wildman–Crippen MR) is 143 cm³/mol. The van der Waals surface area contributed by atoms with E-state index in [0.717, 1.165) is 6.42 Å². The number of hydrogen-bond donors (Lipinski definition) is 0. The minimum Gasteiger partial charge on any atom is -0.405 e. The summed E-state index contributed by atoms with van der Waals surface area (Å²) in [6.45, 7) is 5.85. The maximum atomic E-state index is 15.0. The van der Waals surface area contributed by atoms with Gasteiger partial charge in [0, 0.05) is 42.3 Å². The summed E-state index contributed by atoms with van der Waals surface area (Å²) in [5.41, 5.74) is 1.94. The van der Waals surface area contributed by atoms with Crippen molar-refractivity contribution in [3.05, 3.63) is 64.4 Å². The molecule has 198 valence electrons. The molecule has 37 heavy (non-hydrogen) atoms. The first-order chi connectivity index (χ1) is 18.0. The second kappa shape index (κ2) is 11.7. The Kier molecular flexibility index (Phi) is 8.39. The molecule has 2 fully saturated rings. The van der Waals surface area contributed by atoms with E-state index in [1.54, 1.807) is 36.4 Å². The summed E-state index contributed by atoms with van der Waals surface area (Å²) in [4.78, 5) is 9.86. The molecule has 0 saturated carbocycles. The molecule has 0 spiro atoms. The molecule has 0 radical (unpaired) electrons. The smallest absolute Gasteiger partial charge is 0.397 e. The van der Waals surface area contributed by atoms with E-state index in [0.29, 0.717) is 86.6 Å². The zero-order valence-corrected chi connectivity index (χ0v) is 22.5. The molecule has 2 saturated heterocycles. The van der Waals surface area contributed by atoms with Gasteiger partial charge in [-0.3, -0.25) is 4.99 Å². The van der Waals surface area contributed by atoms with Gasteiger partial charge in [-0.25, -0.2) is 23.3 Å². The molecule has 0 aliphatic carbocycles. The van der Waals surface area contributed by atoms with Crippen LogP contribution in [0.25, 0.3) is 0 Å². The first-order valence-corrected chi connectivity index (χ1v) is 14.6. The van der Waals surface area contributed by atoms with E-state index in [1.165, 1.54) is 6.07 Å². The summed E-state index contributed by atoms with van der Waals surface area (Å²) in [7, 11) is -3.54. The third-order valence-corrected chi connectivity index (χ3v) is 9.50. The lowest BCUT2D eigenvalue weighted by atomic mass is 10.00. The maximum Gasteiger partial charge on any atom is 0.397 e. The van der Waals surface area contributed by atoms with Crippen LogP contribution < -0.4 is 0 Å². The van der Waals surface area contributed by atoms with E-state index in [1.807, 2.05) is 16.3 Å². The highest BCUT2D eigenvalue weighted by atomic mass is 35.5. The number of benzene rings is 2. The van der Waals surface area contributed by atoms with Crippen molar-refractivity contribution in [2.45, 2.75) is 25.8 Å². The molecule has 1 atom stereocenters. The molecule has 5 rings (SSSR count). The highest BCUT2D eigenvalue weighted by Crippen LogP contribution is 2.55. The number of nitrogens with zero attached hydrogens (tertiary/aromatic N) is 4. The highest BCUT2D eigenvalue weighted by Gasteiger charge is 2.44. The summed E-state index contributed by atoms with van der Waals surface area (Å²) in [5, 5.41) is 0.488. The van der Waals surface area contributed by atoms with Crippen LogP contribution in [0, 0.1) is 5.82 Å². The molecule has 0 bridgehead atoms. The number of hydrogen-bond acceptors (Lipinski definition) is 6. The van der Waals surface area contributed by atoms with E-state index >= 15 is 4.39 Å². The van der Waals surface area contributed by atoms with Crippen molar-refractivity contribution >= 4 is 36.6 Å². The molecule has 0 amide bonds. The first kappa shape index (κ1) is 26.5. The standard InChI is InChI=1S/C26H31ClFN4O4P/c1-2-5-24-26(36-37(33,31-10-14-34-15-11-31)32-12-16-35-17-13-32)30-23-9-8-19(27)18-21(23)25(29-24)20-6-3-4-7-22(20)28/h3-4,6-9,18,24H,2,5,10-17H2,1H3/t24-/m0/s1. The summed E-state index contributed by atoms with van der Waals surface area (Å²) in [6.07, 6.45) is 1.36. The van der Waals surface area contributed by atoms with Gasteiger partial charge in [0.25, 0.3) is 0 Å². The highest BCUT2D eigenvalue weighted by molar-refractivity contribution is 7.54. The van der Waals surface area contributed by atoms with Crippen LogP contribution in [0.4, 0.5) is 10.1 Å². The monoisotopic (exact) mass is 548 g/mol. The fourth-order valence-electron chi connectivity index (χ4n) is 4.71. The molecule has 3 aliphatic heterocycles. The largest absolute Gasteiger partial charge is 0.405 e. The quantitative estimate of drug-likeness (QED) is 0.455. The van der Waals surface area contributed by atoms with Gasteiger partial charge in [-0.1, -0.05) is 37.1 Å². The molecular weight excluding hydrogens is 518 g/mol. The molecule has 2 aromatic carbocycles. The van der Waals surface area contributed by atoms with E-state index in [-0.39, 0.29) is 11.7 Å². The summed E-state index contributed by atoms with van der Waals surface area (Å²) in [5.74, 6) is -0.128. The number of aliphatic imine (C=N–C) groups is 2. The number of halogens is 2. The molecule has 2 aromatic rings. The number of morpholine rings is 2. The van der Waals surface area contributed by atoms with Crippen LogP contribution in [0.15, 0.2) is 52.4 Å². The van der Waals surface area contributed by atoms with Crippen molar-refractivity contribution in [3.8, 4) is 0 Å². The Morgan fingerprint density at radius 2 is 1.68 bits per heavy atom. The van der Waals surface area contributed by atoms with Gasteiger partial charge in [-0.05, 0) is 36.8 Å². The fraction of sp³-hybridized carbons (Fsp3) is 0.462. The van der Waals surface area contributed by atoms with Gasteiger partial charge in [-0.15, -0.1) is 0 Å². The van der Waals surface area contributed by atoms with Gasteiger partial charge in [0.2, 0.25) is 5.90 Å². The summed E-state index contributed by atoms with van der Waals surface area (Å²) >= 11 is 6.36. The molecule has 11 heteroatoms. The van der Waals surface area contributed by atoms with Gasteiger partial charge < -0.3 is 14.0 Å². The van der Waals surface area contributed by atoms with Crippen molar-refractivity contribution in [2.24, 2.45) is 9.98 Å². The van der Waals surface area contributed by atoms with E-state index < -0.39 is 13.7 Å². The Morgan fingerprint density at radius 3 is 2.30 bits per heavy atom. The summed E-state index contributed by atoms with van der Waals surface area (Å²) < 4.78 is 51.0. The second-order valence-corrected chi connectivity index (χ2v) is 11.8. The SMILES string of the molecule is CCC[C@@H]1N=C(c2ccccc2F)c2cc(Cl)ccc2N=C1OP(=O)(N1CCOCC1)N1CCOCC1. The van der Waals surface area contributed by atoms with Gasteiger partial charge in [0.05, 0.1) is 37.8 Å². The fourth-order valence-corrected chi connectivity index (χ4v) is 7.21. The van der Waals surface area contributed by atoms with E-state index in [2.05, 4.69) is 0 Å². The van der Waals surface area contributed by atoms with Crippen molar-refractivity contribution in [1.82, 2.24) is 9.34 Å². The third-order valence-electron chi connectivity index (χ3n) is 6.61. The van der Waals surface area contributed by atoms with E-state index in [9.17, 15) is 4.57 Å².